The molecule has 0 aliphatic heterocycles. The molecular formula is C10H15N3. The lowest BCUT2D eigenvalue weighted by molar-refractivity contribution is 0.708. The van der Waals surface area contributed by atoms with Gasteiger partial charge >= 0.3 is 0 Å². The molecule has 0 atom stereocenters. The Bertz CT molecular complexity index is 262. The van der Waals surface area contributed by atoms with Gasteiger partial charge in [0.1, 0.15) is 5.82 Å². The van der Waals surface area contributed by atoms with Crippen molar-refractivity contribution in [1.29, 1.82) is 0 Å². The first-order valence-electron chi connectivity index (χ1n) is 4.91. The minimum absolute atomic E-state index is 0.435. The first-order valence-corrected chi connectivity index (χ1v) is 4.91. The molecule has 0 amide bonds. The quantitative estimate of drug-likeness (QED) is 0.746. The molecule has 0 saturated heterocycles. The predicted molar refractivity (Wildman–Crippen MR) is 51.1 cm³/mol. The van der Waals surface area contributed by atoms with Crippen molar-refractivity contribution in [2.75, 3.05) is 0 Å². The summed E-state index contributed by atoms with van der Waals surface area (Å²) in [6.45, 7) is 0.435. The van der Waals surface area contributed by atoms with Gasteiger partial charge in [-0.2, -0.15) is 0 Å². The molecule has 1 aliphatic rings. The average molecular weight is 177 g/mol. The summed E-state index contributed by atoms with van der Waals surface area (Å²) >= 11 is 0. The Morgan fingerprint density at radius 1 is 1.23 bits per heavy atom. The molecule has 3 nitrogen and oxygen atoms in total. The molecule has 70 valence electrons. The summed E-state index contributed by atoms with van der Waals surface area (Å²) in [6, 6.07) is 0. The second-order valence-electron chi connectivity index (χ2n) is 3.62. The maximum Gasteiger partial charge on any atom is 0.141 e. The average Bonchev–Trinajstić information content (AvgIpc) is 2.71. The van der Waals surface area contributed by atoms with Gasteiger partial charge in [0.25, 0.3) is 0 Å². The van der Waals surface area contributed by atoms with E-state index in [-0.39, 0.29) is 0 Å². The molecule has 1 aliphatic carbocycles. The zero-order chi connectivity index (χ0) is 9.10. The van der Waals surface area contributed by atoms with Gasteiger partial charge in [0.2, 0.25) is 0 Å². The molecule has 1 aromatic rings. The van der Waals surface area contributed by atoms with Crippen LogP contribution in [0.5, 0.6) is 0 Å². The molecule has 0 bridgehead atoms. The summed E-state index contributed by atoms with van der Waals surface area (Å²) in [5.74, 6) is 1.44. The zero-order valence-corrected chi connectivity index (χ0v) is 7.74. The smallest absolute Gasteiger partial charge is 0.141 e. The Kier molecular flexibility index (Phi) is 2.54. The Balaban J connectivity index is 2.12. The van der Waals surface area contributed by atoms with Crippen LogP contribution in [0.25, 0.3) is 0 Å². The lowest BCUT2D eigenvalue weighted by Gasteiger charge is -2.07. The molecular weight excluding hydrogens is 162 g/mol. The first kappa shape index (κ1) is 8.63. The topological polar surface area (TPSA) is 51.8 Å². The highest BCUT2D eigenvalue weighted by Gasteiger charge is 2.17. The van der Waals surface area contributed by atoms with Crippen molar-refractivity contribution >= 4 is 0 Å². The highest BCUT2D eigenvalue weighted by atomic mass is 14.9. The van der Waals surface area contributed by atoms with Crippen molar-refractivity contribution in [3.8, 4) is 0 Å². The Labute approximate surface area is 78.4 Å². The minimum Gasteiger partial charge on any atom is -0.324 e. The highest BCUT2D eigenvalue weighted by Crippen LogP contribution is 2.33. The van der Waals surface area contributed by atoms with Crippen LogP contribution in [0.3, 0.4) is 0 Å². The molecule has 2 rings (SSSR count). The van der Waals surface area contributed by atoms with Crippen LogP contribution in [0.4, 0.5) is 0 Å². The molecule has 1 fully saturated rings. The zero-order valence-electron chi connectivity index (χ0n) is 7.74. The van der Waals surface area contributed by atoms with Gasteiger partial charge in [0.15, 0.2) is 0 Å². The van der Waals surface area contributed by atoms with E-state index in [2.05, 4.69) is 9.97 Å². The van der Waals surface area contributed by atoms with Gasteiger partial charge < -0.3 is 5.73 Å². The third-order valence-corrected chi connectivity index (χ3v) is 2.73. The van der Waals surface area contributed by atoms with Gasteiger partial charge in [0.05, 0.1) is 6.54 Å². The summed E-state index contributed by atoms with van der Waals surface area (Å²) in [5, 5.41) is 0. The van der Waals surface area contributed by atoms with E-state index in [9.17, 15) is 0 Å². The van der Waals surface area contributed by atoms with Crippen LogP contribution >= 0.6 is 0 Å². The number of nitrogens with zero attached hydrogens (tertiary/aromatic N) is 2. The molecule has 0 unspecified atom stereocenters. The van der Waals surface area contributed by atoms with Gasteiger partial charge in [-0.25, -0.2) is 9.97 Å². The van der Waals surface area contributed by atoms with E-state index in [1.165, 1.54) is 31.2 Å². The van der Waals surface area contributed by atoms with Crippen LogP contribution in [-0.2, 0) is 6.54 Å². The summed E-state index contributed by atoms with van der Waals surface area (Å²) in [5.41, 5.74) is 6.72. The van der Waals surface area contributed by atoms with Crippen molar-refractivity contribution in [2.24, 2.45) is 5.73 Å². The molecule has 1 saturated carbocycles. The van der Waals surface area contributed by atoms with Crippen molar-refractivity contribution in [3.63, 3.8) is 0 Å². The van der Waals surface area contributed by atoms with E-state index in [0.29, 0.717) is 12.5 Å². The second kappa shape index (κ2) is 3.83. The number of aromatic nitrogens is 2. The molecule has 13 heavy (non-hydrogen) atoms. The van der Waals surface area contributed by atoms with Gasteiger partial charge in [-0.1, -0.05) is 12.8 Å². The normalized spacial score (nSPS) is 17.9. The fourth-order valence-corrected chi connectivity index (χ4v) is 1.94. The number of hydrogen-bond donors (Lipinski definition) is 1. The number of rotatable bonds is 2. The van der Waals surface area contributed by atoms with E-state index >= 15 is 0 Å². The van der Waals surface area contributed by atoms with Gasteiger partial charge in [-0.3, -0.25) is 0 Å². The molecule has 0 aromatic carbocycles. The maximum absolute atomic E-state index is 5.43. The van der Waals surface area contributed by atoms with E-state index < -0.39 is 0 Å². The molecule has 1 heterocycles. The largest absolute Gasteiger partial charge is 0.324 e. The summed E-state index contributed by atoms with van der Waals surface area (Å²) < 4.78 is 0. The van der Waals surface area contributed by atoms with E-state index in [1.807, 2.05) is 12.4 Å². The molecule has 3 heteroatoms. The van der Waals surface area contributed by atoms with Crippen LogP contribution in [-0.4, -0.2) is 9.97 Å². The van der Waals surface area contributed by atoms with E-state index in [0.717, 1.165) is 5.82 Å². The van der Waals surface area contributed by atoms with Crippen molar-refractivity contribution in [3.05, 3.63) is 23.8 Å². The van der Waals surface area contributed by atoms with Crippen LogP contribution < -0.4 is 5.73 Å². The first-order chi connectivity index (χ1) is 6.40. The monoisotopic (exact) mass is 177 g/mol. The van der Waals surface area contributed by atoms with Gasteiger partial charge in [-0.05, 0) is 24.3 Å². The fourth-order valence-electron chi connectivity index (χ4n) is 1.94. The van der Waals surface area contributed by atoms with Crippen molar-refractivity contribution in [1.82, 2.24) is 9.97 Å². The summed E-state index contributed by atoms with van der Waals surface area (Å²) in [7, 11) is 0. The van der Waals surface area contributed by atoms with Gasteiger partial charge in [-0.15, -0.1) is 0 Å². The van der Waals surface area contributed by atoms with Gasteiger partial charge in [0, 0.05) is 12.4 Å². The van der Waals surface area contributed by atoms with E-state index in [4.69, 9.17) is 5.73 Å². The Morgan fingerprint density at radius 2 is 1.85 bits per heavy atom. The SMILES string of the molecule is NCc1ncc(C2CCCC2)cn1. The third-order valence-electron chi connectivity index (χ3n) is 2.73. The summed E-state index contributed by atoms with van der Waals surface area (Å²) in [6.07, 6.45) is 9.17. The number of hydrogen-bond acceptors (Lipinski definition) is 3. The van der Waals surface area contributed by atoms with Crippen LogP contribution in [0.2, 0.25) is 0 Å². The lowest BCUT2D eigenvalue weighted by Crippen LogP contribution is -2.04. The van der Waals surface area contributed by atoms with Crippen molar-refractivity contribution in [2.45, 2.75) is 38.1 Å². The minimum atomic E-state index is 0.435. The van der Waals surface area contributed by atoms with E-state index in [1.54, 1.807) is 0 Å². The van der Waals surface area contributed by atoms with Crippen molar-refractivity contribution < 1.29 is 0 Å². The molecule has 0 spiro atoms. The Morgan fingerprint density at radius 3 is 2.38 bits per heavy atom. The predicted octanol–water partition coefficient (Wildman–Crippen LogP) is 1.59. The van der Waals surface area contributed by atoms with Crippen LogP contribution in [0.1, 0.15) is 43.0 Å². The molecule has 1 aromatic heterocycles. The lowest BCUT2D eigenvalue weighted by atomic mass is 10.0. The second-order valence-corrected chi connectivity index (χ2v) is 3.62. The maximum atomic E-state index is 5.43. The van der Waals surface area contributed by atoms with Crippen LogP contribution in [0.15, 0.2) is 12.4 Å². The number of nitrogens with two attached hydrogens (primary N) is 1. The standard InChI is InChI=1S/C10H15N3/c11-5-10-12-6-9(7-13-10)8-3-1-2-4-8/h6-8H,1-5,11H2. The summed E-state index contributed by atoms with van der Waals surface area (Å²) in [4.78, 5) is 8.41. The fraction of sp³-hybridized carbons (Fsp3) is 0.600. The third kappa shape index (κ3) is 1.86. The Hall–Kier alpha value is -0.960. The van der Waals surface area contributed by atoms with Crippen LogP contribution in [0, 0.1) is 0 Å². The highest BCUT2D eigenvalue weighted by molar-refractivity contribution is 5.12. The molecule has 0 radical (unpaired) electrons. The molecule has 2 N–H and O–H groups in total.